The molecule has 0 atom stereocenters. The van der Waals surface area contributed by atoms with Crippen LogP contribution in [0.3, 0.4) is 0 Å². The molecule has 0 saturated heterocycles. The lowest BCUT2D eigenvalue weighted by Crippen LogP contribution is -2.08. The molecule has 3 rings (SSSR count). The van der Waals surface area contributed by atoms with E-state index in [1.165, 1.54) is 5.56 Å². The Morgan fingerprint density at radius 2 is 2.00 bits per heavy atom. The van der Waals surface area contributed by atoms with E-state index in [1.807, 2.05) is 61.1 Å². The molecule has 0 unspecified atom stereocenters. The molecule has 0 saturated carbocycles. The Bertz CT molecular complexity index is 842. The minimum absolute atomic E-state index is 0.711. The smallest absolute Gasteiger partial charge is 0.206 e. The van der Waals surface area contributed by atoms with Crippen LogP contribution in [0, 0.1) is 6.92 Å². The summed E-state index contributed by atoms with van der Waals surface area (Å²) in [4.78, 5) is 4.63. The Balaban J connectivity index is 1.79. The molecule has 0 spiro atoms. The van der Waals surface area contributed by atoms with Gasteiger partial charge in [0.2, 0.25) is 5.13 Å². The number of benzene rings is 2. The molecule has 0 aliphatic heterocycles. The summed E-state index contributed by atoms with van der Waals surface area (Å²) >= 11 is 7.59. The average Bonchev–Trinajstić information content (AvgIpc) is 3.04. The summed E-state index contributed by atoms with van der Waals surface area (Å²) in [6, 6.07) is 15.9. The molecule has 0 radical (unpaired) electrons. The zero-order valence-electron chi connectivity index (χ0n) is 12.9. The highest BCUT2D eigenvalue weighted by Gasteiger charge is 2.08. The van der Waals surface area contributed by atoms with Crippen LogP contribution >= 0.6 is 22.9 Å². The molecule has 0 bridgehead atoms. The summed E-state index contributed by atoms with van der Waals surface area (Å²) in [5.41, 5.74) is 4.22. The van der Waals surface area contributed by atoms with E-state index < -0.39 is 0 Å². The molecule has 116 valence electrons. The number of anilines is 1. The highest BCUT2D eigenvalue weighted by atomic mass is 35.5. The quantitative estimate of drug-likeness (QED) is 0.479. The summed E-state index contributed by atoms with van der Waals surface area (Å²) in [6.45, 7) is 2.07. The van der Waals surface area contributed by atoms with Crippen LogP contribution in [0.5, 0.6) is 0 Å². The van der Waals surface area contributed by atoms with E-state index in [4.69, 9.17) is 11.6 Å². The minimum atomic E-state index is 0.711. The second-order valence-corrected chi connectivity index (χ2v) is 6.42. The normalized spacial score (nSPS) is 11.1. The van der Waals surface area contributed by atoms with E-state index in [9.17, 15) is 0 Å². The lowest BCUT2D eigenvalue weighted by Gasteiger charge is -2.08. The second kappa shape index (κ2) is 6.94. The van der Waals surface area contributed by atoms with Gasteiger partial charge in [-0.15, -0.1) is 11.3 Å². The second-order valence-electron chi connectivity index (χ2n) is 5.15. The zero-order valence-corrected chi connectivity index (χ0v) is 14.5. The van der Waals surface area contributed by atoms with Crippen molar-refractivity contribution in [2.24, 2.45) is 5.10 Å². The van der Waals surface area contributed by atoms with Crippen LogP contribution in [-0.4, -0.2) is 18.2 Å². The first-order valence-electron chi connectivity index (χ1n) is 7.18. The molecule has 0 aliphatic carbocycles. The number of hydrogen-bond acceptors (Lipinski definition) is 4. The molecule has 23 heavy (non-hydrogen) atoms. The monoisotopic (exact) mass is 341 g/mol. The van der Waals surface area contributed by atoms with Crippen LogP contribution in [-0.2, 0) is 0 Å². The Hall–Kier alpha value is -2.17. The molecule has 2 aromatic carbocycles. The predicted octanol–water partition coefficient (Wildman–Crippen LogP) is 5.24. The molecular weight excluding hydrogens is 326 g/mol. The fraction of sp³-hybridized carbons (Fsp3) is 0.111. The molecular formula is C18H16ClN3S. The number of hydrazone groups is 1. The van der Waals surface area contributed by atoms with Crippen molar-refractivity contribution >= 4 is 34.3 Å². The molecule has 3 aromatic rings. The number of rotatable bonds is 4. The number of thiazole rings is 1. The highest BCUT2D eigenvalue weighted by Crippen LogP contribution is 2.28. The van der Waals surface area contributed by atoms with Gasteiger partial charge in [-0.25, -0.2) is 9.99 Å². The predicted molar refractivity (Wildman–Crippen MR) is 99.7 cm³/mol. The topological polar surface area (TPSA) is 28.5 Å². The lowest BCUT2D eigenvalue weighted by atomic mass is 10.1. The third kappa shape index (κ3) is 3.78. The highest BCUT2D eigenvalue weighted by molar-refractivity contribution is 7.14. The minimum Gasteiger partial charge on any atom is -0.242 e. The van der Waals surface area contributed by atoms with Gasteiger partial charge in [0.25, 0.3) is 0 Å². The number of hydrogen-bond donors (Lipinski definition) is 0. The summed E-state index contributed by atoms with van der Waals surface area (Å²) < 4.78 is 0. The van der Waals surface area contributed by atoms with Gasteiger partial charge in [0.05, 0.1) is 11.9 Å². The Morgan fingerprint density at radius 3 is 2.78 bits per heavy atom. The Morgan fingerprint density at radius 1 is 1.17 bits per heavy atom. The molecule has 0 amide bonds. The van der Waals surface area contributed by atoms with E-state index in [1.54, 1.807) is 16.3 Å². The van der Waals surface area contributed by atoms with Gasteiger partial charge in [0.1, 0.15) is 0 Å². The standard InChI is InChI=1S/C18H16ClN3S/c1-13-6-3-4-7-15(13)11-20-22(2)18-21-17(12-23-18)14-8-5-9-16(19)10-14/h3-12H,1-2H3/b20-11+. The number of halogens is 1. The number of aryl methyl sites for hydroxylation is 1. The van der Waals surface area contributed by atoms with E-state index in [-0.39, 0.29) is 0 Å². The summed E-state index contributed by atoms with van der Waals surface area (Å²) in [5.74, 6) is 0. The van der Waals surface area contributed by atoms with Crippen molar-refractivity contribution in [3.8, 4) is 11.3 Å². The summed E-state index contributed by atoms with van der Waals surface area (Å²) in [7, 11) is 1.90. The van der Waals surface area contributed by atoms with Crippen molar-refractivity contribution in [3.63, 3.8) is 0 Å². The SMILES string of the molecule is Cc1ccccc1/C=N/N(C)c1nc(-c2cccc(Cl)c2)cs1. The average molecular weight is 342 g/mol. The molecule has 5 heteroatoms. The van der Waals surface area contributed by atoms with Crippen molar-refractivity contribution < 1.29 is 0 Å². The van der Waals surface area contributed by atoms with Gasteiger partial charge in [-0.1, -0.05) is 48.0 Å². The van der Waals surface area contributed by atoms with E-state index >= 15 is 0 Å². The summed E-state index contributed by atoms with van der Waals surface area (Å²) in [6.07, 6.45) is 1.86. The van der Waals surface area contributed by atoms with Gasteiger partial charge in [0.15, 0.2) is 0 Å². The fourth-order valence-electron chi connectivity index (χ4n) is 2.12. The maximum atomic E-state index is 6.04. The van der Waals surface area contributed by atoms with Gasteiger partial charge < -0.3 is 0 Å². The van der Waals surface area contributed by atoms with Crippen molar-refractivity contribution in [2.75, 3.05) is 12.1 Å². The summed E-state index contributed by atoms with van der Waals surface area (Å²) in [5, 5.41) is 9.83. The zero-order chi connectivity index (χ0) is 16.2. The first kappa shape index (κ1) is 15.7. The van der Waals surface area contributed by atoms with Crippen LogP contribution < -0.4 is 5.01 Å². The number of aromatic nitrogens is 1. The Labute approximate surface area is 144 Å². The van der Waals surface area contributed by atoms with E-state index in [2.05, 4.69) is 23.1 Å². The molecule has 1 aromatic heterocycles. The molecule has 0 aliphatic rings. The molecule has 1 heterocycles. The van der Waals surface area contributed by atoms with Gasteiger partial charge in [-0.3, -0.25) is 0 Å². The molecule has 0 fully saturated rings. The van der Waals surface area contributed by atoms with E-state index in [0.717, 1.165) is 22.0 Å². The van der Waals surface area contributed by atoms with Crippen LogP contribution in [0.1, 0.15) is 11.1 Å². The fourth-order valence-corrected chi connectivity index (χ4v) is 3.07. The van der Waals surface area contributed by atoms with Gasteiger partial charge in [-0.05, 0) is 30.2 Å². The van der Waals surface area contributed by atoms with Crippen LogP contribution in [0.2, 0.25) is 5.02 Å². The molecule has 3 nitrogen and oxygen atoms in total. The maximum Gasteiger partial charge on any atom is 0.206 e. The van der Waals surface area contributed by atoms with Crippen molar-refractivity contribution in [1.82, 2.24) is 4.98 Å². The van der Waals surface area contributed by atoms with Gasteiger partial charge in [0, 0.05) is 23.0 Å². The third-order valence-electron chi connectivity index (χ3n) is 3.45. The third-order valence-corrected chi connectivity index (χ3v) is 4.59. The first-order valence-corrected chi connectivity index (χ1v) is 8.44. The number of nitrogens with zero attached hydrogens (tertiary/aromatic N) is 3. The van der Waals surface area contributed by atoms with Crippen molar-refractivity contribution in [1.29, 1.82) is 0 Å². The lowest BCUT2D eigenvalue weighted by molar-refractivity contribution is 1.01. The maximum absolute atomic E-state index is 6.04. The van der Waals surface area contributed by atoms with Crippen LogP contribution in [0.15, 0.2) is 59.0 Å². The molecule has 0 N–H and O–H groups in total. The Kier molecular flexibility index (Phi) is 4.74. The van der Waals surface area contributed by atoms with Crippen LogP contribution in [0.4, 0.5) is 5.13 Å². The largest absolute Gasteiger partial charge is 0.242 e. The van der Waals surface area contributed by atoms with Gasteiger partial charge in [-0.2, -0.15) is 5.10 Å². The van der Waals surface area contributed by atoms with Crippen molar-refractivity contribution in [3.05, 3.63) is 70.1 Å². The van der Waals surface area contributed by atoms with Gasteiger partial charge >= 0.3 is 0 Å². The van der Waals surface area contributed by atoms with Crippen LogP contribution in [0.25, 0.3) is 11.3 Å². The first-order chi connectivity index (χ1) is 11.1. The van der Waals surface area contributed by atoms with E-state index in [0.29, 0.717) is 5.02 Å². The van der Waals surface area contributed by atoms with Crippen molar-refractivity contribution in [2.45, 2.75) is 6.92 Å².